The summed E-state index contributed by atoms with van der Waals surface area (Å²) in [5.74, 6) is -0.876. The second kappa shape index (κ2) is 8.13. The van der Waals surface area contributed by atoms with Crippen LogP contribution in [0, 0.1) is 0 Å². The lowest BCUT2D eigenvalue weighted by Crippen LogP contribution is -2.35. The molecule has 1 heterocycles. The number of nitrogens with one attached hydrogen (secondary N) is 1. The quantitative estimate of drug-likeness (QED) is 0.631. The Morgan fingerprint density at radius 2 is 2.13 bits per heavy atom. The molecule has 0 spiro atoms. The normalized spacial score (nSPS) is 12.5. The second-order valence-corrected chi connectivity index (χ2v) is 6.56. The van der Waals surface area contributed by atoms with Crippen LogP contribution in [0.2, 0.25) is 5.02 Å². The molecule has 0 fully saturated rings. The van der Waals surface area contributed by atoms with E-state index in [2.05, 4.69) is 5.32 Å². The highest BCUT2D eigenvalue weighted by atomic mass is 35.5. The summed E-state index contributed by atoms with van der Waals surface area (Å²) >= 11 is 7.78. The Morgan fingerprint density at radius 1 is 1.39 bits per heavy atom. The Kier molecular flexibility index (Phi) is 6.19. The standard InChI is InChI=1S/C17H18ClNO3S/c1-3-11(2)19-15(20)10-22-16(21)9-8-14-17(18)12-6-4-5-7-13(12)23-14/h4-9,11H,3,10H2,1-2H3,(H,19,20)/b9-8+/t11-/m1/s1. The zero-order valence-corrected chi connectivity index (χ0v) is 14.5. The summed E-state index contributed by atoms with van der Waals surface area (Å²) in [7, 11) is 0. The van der Waals surface area contributed by atoms with Crippen molar-refractivity contribution in [2.75, 3.05) is 6.61 Å². The fraction of sp³-hybridized carbons (Fsp3) is 0.294. The van der Waals surface area contributed by atoms with Crippen molar-refractivity contribution in [3.63, 3.8) is 0 Å². The Hall–Kier alpha value is -1.85. The van der Waals surface area contributed by atoms with Gasteiger partial charge in [0.25, 0.3) is 5.91 Å². The first-order chi connectivity index (χ1) is 11.0. The fourth-order valence-corrected chi connectivity index (χ4v) is 3.29. The first-order valence-corrected chi connectivity index (χ1v) is 8.52. The van der Waals surface area contributed by atoms with Crippen LogP contribution in [-0.4, -0.2) is 24.5 Å². The van der Waals surface area contributed by atoms with E-state index in [1.54, 1.807) is 6.08 Å². The number of benzene rings is 1. The summed E-state index contributed by atoms with van der Waals surface area (Å²) in [6.07, 6.45) is 3.72. The monoisotopic (exact) mass is 351 g/mol. The summed E-state index contributed by atoms with van der Waals surface area (Å²) < 4.78 is 5.96. The van der Waals surface area contributed by atoms with Crippen molar-refractivity contribution in [3.8, 4) is 0 Å². The number of ether oxygens (including phenoxy) is 1. The Morgan fingerprint density at radius 3 is 2.83 bits per heavy atom. The van der Waals surface area contributed by atoms with Crippen molar-refractivity contribution >= 4 is 51.0 Å². The van der Waals surface area contributed by atoms with E-state index in [1.807, 2.05) is 38.1 Å². The van der Waals surface area contributed by atoms with Crippen molar-refractivity contribution in [2.24, 2.45) is 0 Å². The van der Waals surface area contributed by atoms with Gasteiger partial charge in [0.1, 0.15) is 0 Å². The van der Waals surface area contributed by atoms with Crippen LogP contribution in [-0.2, 0) is 14.3 Å². The summed E-state index contributed by atoms with van der Waals surface area (Å²) in [5.41, 5.74) is 0. The number of fused-ring (bicyclic) bond motifs is 1. The molecular formula is C17H18ClNO3S. The molecule has 6 heteroatoms. The third-order valence-corrected chi connectivity index (χ3v) is 4.95. The van der Waals surface area contributed by atoms with E-state index in [9.17, 15) is 9.59 Å². The van der Waals surface area contributed by atoms with Crippen molar-refractivity contribution in [3.05, 3.63) is 40.2 Å². The third-order valence-electron chi connectivity index (χ3n) is 3.30. The molecule has 0 saturated carbocycles. The molecule has 0 saturated heterocycles. The Bertz CT molecular complexity index is 739. The Balaban J connectivity index is 1.92. The van der Waals surface area contributed by atoms with Crippen LogP contribution in [0.3, 0.4) is 0 Å². The molecule has 0 aliphatic heterocycles. The number of halogens is 1. The van der Waals surface area contributed by atoms with E-state index in [0.29, 0.717) is 5.02 Å². The van der Waals surface area contributed by atoms with Gasteiger partial charge in [0.05, 0.1) is 5.02 Å². The highest BCUT2D eigenvalue weighted by Crippen LogP contribution is 2.35. The summed E-state index contributed by atoms with van der Waals surface area (Å²) in [4.78, 5) is 24.0. The van der Waals surface area contributed by atoms with Gasteiger partial charge in [0, 0.05) is 27.1 Å². The number of hydrogen-bond acceptors (Lipinski definition) is 4. The number of thiophene rings is 1. The van der Waals surface area contributed by atoms with Crippen molar-refractivity contribution in [1.82, 2.24) is 5.32 Å². The van der Waals surface area contributed by atoms with Gasteiger partial charge in [-0.2, -0.15) is 0 Å². The molecule has 23 heavy (non-hydrogen) atoms. The predicted octanol–water partition coefficient (Wildman–Crippen LogP) is 4.03. The minimum absolute atomic E-state index is 0.0640. The molecule has 1 aromatic carbocycles. The molecule has 0 unspecified atom stereocenters. The maximum atomic E-state index is 11.7. The molecule has 1 aromatic heterocycles. The minimum atomic E-state index is -0.571. The van der Waals surface area contributed by atoms with Gasteiger partial charge in [-0.25, -0.2) is 4.79 Å². The lowest BCUT2D eigenvalue weighted by Gasteiger charge is -2.10. The van der Waals surface area contributed by atoms with Crippen LogP contribution in [0.1, 0.15) is 25.1 Å². The lowest BCUT2D eigenvalue weighted by atomic mass is 10.2. The van der Waals surface area contributed by atoms with Gasteiger partial charge in [-0.3, -0.25) is 4.79 Å². The largest absolute Gasteiger partial charge is 0.452 e. The van der Waals surface area contributed by atoms with Gasteiger partial charge in [-0.05, 0) is 25.5 Å². The van der Waals surface area contributed by atoms with Gasteiger partial charge in [-0.15, -0.1) is 11.3 Å². The zero-order chi connectivity index (χ0) is 16.8. The maximum absolute atomic E-state index is 11.7. The van der Waals surface area contributed by atoms with Crippen LogP contribution in [0.4, 0.5) is 0 Å². The van der Waals surface area contributed by atoms with Gasteiger partial charge in [0.2, 0.25) is 0 Å². The molecule has 0 aliphatic carbocycles. The number of carbonyl (C=O) groups is 2. The van der Waals surface area contributed by atoms with Crippen LogP contribution in [0.5, 0.6) is 0 Å². The van der Waals surface area contributed by atoms with E-state index in [4.69, 9.17) is 16.3 Å². The maximum Gasteiger partial charge on any atom is 0.331 e. The first-order valence-electron chi connectivity index (χ1n) is 7.32. The van der Waals surface area contributed by atoms with Crippen LogP contribution in [0.25, 0.3) is 16.2 Å². The Labute approximate surface area is 144 Å². The van der Waals surface area contributed by atoms with Crippen molar-refractivity contribution < 1.29 is 14.3 Å². The zero-order valence-electron chi connectivity index (χ0n) is 13.0. The molecule has 4 nitrogen and oxygen atoms in total. The molecule has 1 atom stereocenters. The van der Waals surface area contributed by atoms with Crippen molar-refractivity contribution in [1.29, 1.82) is 0 Å². The molecular weight excluding hydrogens is 334 g/mol. The molecule has 0 bridgehead atoms. The number of hydrogen-bond donors (Lipinski definition) is 1. The van der Waals surface area contributed by atoms with E-state index in [-0.39, 0.29) is 18.6 Å². The topological polar surface area (TPSA) is 55.4 Å². The van der Waals surface area contributed by atoms with Crippen LogP contribution in [0.15, 0.2) is 30.3 Å². The summed E-state index contributed by atoms with van der Waals surface area (Å²) in [6, 6.07) is 7.82. The molecule has 122 valence electrons. The number of esters is 1. The average Bonchev–Trinajstić information content (AvgIpc) is 2.87. The van der Waals surface area contributed by atoms with Crippen LogP contribution >= 0.6 is 22.9 Å². The summed E-state index contributed by atoms with van der Waals surface area (Å²) in [6.45, 7) is 3.57. The number of amides is 1. The molecule has 0 aliphatic rings. The molecule has 2 rings (SSSR count). The highest BCUT2D eigenvalue weighted by Gasteiger charge is 2.09. The second-order valence-electron chi connectivity index (χ2n) is 5.09. The first kappa shape index (κ1) is 17.5. The lowest BCUT2D eigenvalue weighted by molar-refractivity contribution is -0.144. The third kappa shape index (κ3) is 4.81. The van der Waals surface area contributed by atoms with Crippen molar-refractivity contribution in [2.45, 2.75) is 26.3 Å². The van der Waals surface area contributed by atoms with E-state index in [0.717, 1.165) is 21.4 Å². The molecule has 0 radical (unpaired) electrons. The molecule has 1 N–H and O–H groups in total. The number of carbonyl (C=O) groups excluding carboxylic acids is 2. The van der Waals surface area contributed by atoms with Crippen LogP contribution < -0.4 is 5.32 Å². The van der Waals surface area contributed by atoms with E-state index >= 15 is 0 Å². The predicted molar refractivity (Wildman–Crippen MR) is 94.7 cm³/mol. The van der Waals surface area contributed by atoms with E-state index in [1.165, 1.54) is 17.4 Å². The molecule has 2 aromatic rings. The molecule has 1 amide bonds. The van der Waals surface area contributed by atoms with Gasteiger partial charge < -0.3 is 10.1 Å². The summed E-state index contributed by atoms with van der Waals surface area (Å²) in [5, 5.41) is 4.30. The minimum Gasteiger partial charge on any atom is -0.452 e. The average molecular weight is 352 g/mol. The number of rotatable bonds is 6. The van der Waals surface area contributed by atoms with Gasteiger partial charge in [-0.1, -0.05) is 36.7 Å². The van der Waals surface area contributed by atoms with Gasteiger partial charge in [0.15, 0.2) is 6.61 Å². The highest BCUT2D eigenvalue weighted by molar-refractivity contribution is 7.20. The SMILES string of the molecule is CC[C@@H](C)NC(=O)COC(=O)/C=C/c1sc2ccccc2c1Cl. The smallest absolute Gasteiger partial charge is 0.331 e. The van der Waals surface area contributed by atoms with E-state index < -0.39 is 5.97 Å². The fourth-order valence-electron chi connectivity index (χ4n) is 1.89. The van der Waals surface area contributed by atoms with Gasteiger partial charge >= 0.3 is 5.97 Å².